The van der Waals surface area contributed by atoms with Gasteiger partial charge in [0.15, 0.2) is 0 Å². The van der Waals surface area contributed by atoms with Crippen LogP contribution >= 0.6 is 0 Å². The number of aromatic nitrogens is 2. The summed E-state index contributed by atoms with van der Waals surface area (Å²) in [6.07, 6.45) is 3.50. The highest BCUT2D eigenvalue weighted by Gasteiger charge is 2.22. The summed E-state index contributed by atoms with van der Waals surface area (Å²) in [6, 6.07) is 8.38. The Morgan fingerprint density at radius 1 is 1.24 bits per heavy atom. The summed E-state index contributed by atoms with van der Waals surface area (Å²) in [6.45, 7) is 2.13. The van der Waals surface area contributed by atoms with Gasteiger partial charge in [-0.2, -0.15) is 5.10 Å². The number of benzene rings is 1. The van der Waals surface area contributed by atoms with E-state index in [1.54, 1.807) is 0 Å². The lowest BCUT2D eigenvalue weighted by Crippen LogP contribution is -2.05. The summed E-state index contributed by atoms with van der Waals surface area (Å²) < 4.78 is 2.05. The fourth-order valence-corrected chi connectivity index (χ4v) is 2.62. The smallest absolute Gasteiger partial charge is 0.133 e. The van der Waals surface area contributed by atoms with Crippen LogP contribution in [0.5, 0.6) is 0 Å². The number of anilines is 1. The highest BCUT2D eigenvalue weighted by molar-refractivity contribution is 5.56. The maximum atomic E-state index is 4.75. The molecule has 1 heterocycles. The number of nitrogens with zero attached hydrogens (tertiary/aromatic N) is 2. The van der Waals surface area contributed by atoms with Crippen molar-refractivity contribution in [3.05, 3.63) is 41.1 Å². The summed E-state index contributed by atoms with van der Waals surface area (Å²) in [5.41, 5.74) is 5.09. The Hall–Kier alpha value is -1.77. The van der Waals surface area contributed by atoms with Gasteiger partial charge in [0.1, 0.15) is 5.82 Å². The average Bonchev–Trinajstić information content (AvgIpc) is 2.89. The van der Waals surface area contributed by atoms with E-state index in [1.165, 1.54) is 28.9 Å². The van der Waals surface area contributed by atoms with Gasteiger partial charge in [-0.1, -0.05) is 18.2 Å². The zero-order chi connectivity index (χ0) is 11.8. The highest BCUT2D eigenvalue weighted by atomic mass is 15.3. The zero-order valence-electron chi connectivity index (χ0n) is 10.3. The Kier molecular flexibility index (Phi) is 2.39. The minimum absolute atomic E-state index is 1.11. The molecule has 0 unspecified atom stereocenters. The van der Waals surface area contributed by atoms with Crippen molar-refractivity contribution in [2.45, 2.75) is 26.2 Å². The van der Waals surface area contributed by atoms with Gasteiger partial charge in [0.2, 0.25) is 0 Å². The molecule has 0 aliphatic heterocycles. The van der Waals surface area contributed by atoms with E-state index in [0.717, 1.165) is 18.7 Å². The zero-order valence-corrected chi connectivity index (χ0v) is 10.3. The van der Waals surface area contributed by atoms with Gasteiger partial charge in [-0.3, -0.25) is 0 Å². The molecule has 0 bridgehead atoms. The van der Waals surface area contributed by atoms with Crippen LogP contribution < -0.4 is 5.32 Å². The minimum atomic E-state index is 1.11. The lowest BCUT2D eigenvalue weighted by molar-refractivity contribution is 0.802. The third-order valence-corrected chi connectivity index (χ3v) is 3.49. The van der Waals surface area contributed by atoms with Crippen molar-refractivity contribution in [1.82, 2.24) is 9.78 Å². The van der Waals surface area contributed by atoms with Crippen LogP contribution in [-0.4, -0.2) is 16.8 Å². The molecule has 1 aromatic carbocycles. The van der Waals surface area contributed by atoms with Crippen LogP contribution in [0, 0.1) is 6.92 Å². The minimum Gasteiger partial charge on any atom is -0.373 e. The number of fused-ring (bicyclic) bond motifs is 1. The molecular weight excluding hydrogens is 210 g/mol. The van der Waals surface area contributed by atoms with E-state index in [4.69, 9.17) is 5.10 Å². The van der Waals surface area contributed by atoms with Crippen LogP contribution in [-0.2, 0) is 12.8 Å². The molecule has 0 saturated carbocycles. The average molecular weight is 227 g/mol. The molecule has 0 fully saturated rings. The topological polar surface area (TPSA) is 29.9 Å². The first-order chi connectivity index (χ1) is 8.31. The Balaban J connectivity index is 2.19. The molecule has 0 spiro atoms. The maximum absolute atomic E-state index is 4.75. The largest absolute Gasteiger partial charge is 0.373 e. The Labute approximate surface area is 101 Å². The lowest BCUT2D eigenvalue weighted by atomic mass is 10.2. The molecule has 88 valence electrons. The normalized spacial score (nSPS) is 13.8. The molecule has 1 aliphatic carbocycles. The molecule has 1 N–H and O–H groups in total. The molecule has 3 nitrogen and oxygen atoms in total. The van der Waals surface area contributed by atoms with Crippen LogP contribution in [0.15, 0.2) is 24.3 Å². The van der Waals surface area contributed by atoms with Crippen LogP contribution in [0.25, 0.3) is 5.69 Å². The first kappa shape index (κ1) is 10.4. The predicted molar refractivity (Wildman–Crippen MR) is 69.9 cm³/mol. The number of para-hydroxylation sites is 1. The number of aryl methyl sites for hydroxylation is 2. The number of hydrogen-bond donors (Lipinski definition) is 1. The second-order valence-electron chi connectivity index (χ2n) is 4.58. The van der Waals surface area contributed by atoms with E-state index < -0.39 is 0 Å². The molecule has 0 saturated heterocycles. The molecular formula is C14H17N3. The van der Waals surface area contributed by atoms with Gasteiger partial charge in [0.05, 0.1) is 11.4 Å². The van der Waals surface area contributed by atoms with E-state index in [2.05, 4.69) is 41.2 Å². The highest BCUT2D eigenvalue weighted by Crippen LogP contribution is 2.31. The fraction of sp³-hybridized carbons (Fsp3) is 0.357. The molecule has 0 atom stereocenters. The van der Waals surface area contributed by atoms with Gasteiger partial charge in [-0.15, -0.1) is 0 Å². The summed E-state index contributed by atoms with van der Waals surface area (Å²) in [5, 5.41) is 8.05. The van der Waals surface area contributed by atoms with Crippen molar-refractivity contribution in [3.8, 4) is 5.69 Å². The van der Waals surface area contributed by atoms with E-state index >= 15 is 0 Å². The van der Waals surface area contributed by atoms with E-state index in [1.807, 2.05) is 7.05 Å². The SMILES string of the molecule is CNc1c2c(nn1-c1ccccc1C)CCC2. The second-order valence-corrected chi connectivity index (χ2v) is 4.58. The Morgan fingerprint density at radius 3 is 2.82 bits per heavy atom. The number of nitrogens with one attached hydrogen (secondary N) is 1. The lowest BCUT2D eigenvalue weighted by Gasteiger charge is -2.10. The summed E-state index contributed by atoms with van der Waals surface area (Å²) in [5.74, 6) is 1.16. The summed E-state index contributed by atoms with van der Waals surface area (Å²) in [4.78, 5) is 0. The van der Waals surface area contributed by atoms with Gasteiger partial charge in [-0.25, -0.2) is 4.68 Å². The fourth-order valence-electron chi connectivity index (χ4n) is 2.62. The molecule has 17 heavy (non-hydrogen) atoms. The number of hydrogen-bond acceptors (Lipinski definition) is 2. The van der Waals surface area contributed by atoms with Gasteiger partial charge in [0, 0.05) is 12.6 Å². The first-order valence-corrected chi connectivity index (χ1v) is 6.16. The molecule has 3 rings (SSSR count). The third-order valence-electron chi connectivity index (χ3n) is 3.49. The van der Waals surface area contributed by atoms with E-state index in [9.17, 15) is 0 Å². The van der Waals surface area contributed by atoms with Crippen LogP contribution in [0.3, 0.4) is 0 Å². The monoisotopic (exact) mass is 227 g/mol. The number of rotatable bonds is 2. The molecule has 0 radical (unpaired) electrons. The van der Waals surface area contributed by atoms with Crippen LogP contribution in [0.2, 0.25) is 0 Å². The van der Waals surface area contributed by atoms with Gasteiger partial charge in [-0.05, 0) is 37.8 Å². The quantitative estimate of drug-likeness (QED) is 0.855. The van der Waals surface area contributed by atoms with Crippen molar-refractivity contribution in [1.29, 1.82) is 0 Å². The third kappa shape index (κ3) is 1.54. The van der Waals surface area contributed by atoms with E-state index in [0.29, 0.717) is 0 Å². The second kappa shape index (κ2) is 3.91. The maximum Gasteiger partial charge on any atom is 0.133 e. The van der Waals surface area contributed by atoms with Crippen molar-refractivity contribution in [2.24, 2.45) is 0 Å². The van der Waals surface area contributed by atoms with Gasteiger partial charge in [0.25, 0.3) is 0 Å². The van der Waals surface area contributed by atoms with Crippen molar-refractivity contribution in [3.63, 3.8) is 0 Å². The first-order valence-electron chi connectivity index (χ1n) is 6.16. The Morgan fingerprint density at radius 2 is 2.06 bits per heavy atom. The van der Waals surface area contributed by atoms with Crippen molar-refractivity contribution < 1.29 is 0 Å². The molecule has 1 aromatic heterocycles. The molecule has 2 aromatic rings. The van der Waals surface area contributed by atoms with Gasteiger partial charge < -0.3 is 5.32 Å². The van der Waals surface area contributed by atoms with Crippen molar-refractivity contribution in [2.75, 3.05) is 12.4 Å². The molecule has 1 aliphatic rings. The van der Waals surface area contributed by atoms with E-state index in [-0.39, 0.29) is 0 Å². The van der Waals surface area contributed by atoms with Crippen LogP contribution in [0.1, 0.15) is 23.2 Å². The van der Waals surface area contributed by atoms with Crippen LogP contribution in [0.4, 0.5) is 5.82 Å². The van der Waals surface area contributed by atoms with Crippen molar-refractivity contribution >= 4 is 5.82 Å². The Bertz CT molecular complexity index is 555. The molecule has 3 heteroatoms. The molecule has 0 amide bonds. The summed E-state index contributed by atoms with van der Waals surface area (Å²) >= 11 is 0. The standard InChI is InChI=1S/C14H17N3/c1-10-6-3-4-9-13(10)17-14(15-2)11-7-5-8-12(11)16-17/h3-4,6,9,15H,5,7-8H2,1-2H3. The summed E-state index contributed by atoms with van der Waals surface area (Å²) in [7, 11) is 1.98. The van der Waals surface area contributed by atoms with Gasteiger partial charge >= 0.3 is 0 Å². The predicted octanol–water partition coefficient (Wildman–Crippen LogP) is 2.71.